The molecule has 1 aromatic heterocycles. The largest absolute Gasteiger partial charge is 0.455 e. The molecule has 1 amide bonds. The van der Waals surface area contributed by atoms with Gasteiger partial charge in [0.05, 0.1) is 10.7 Å². The smallest absolute Gasteiger partial charge is 0.291 e. The molecule has 6 nitrogen and oxygen atoms in total. The lowest BCUT2D eigenvalue weighted by molar-refractivity contribution is 0.0995. The van der Waals surface area contributed by atoms with E-state index in [1.807, 2.05) is 0 Å². The standard InChI is InChI=1S/C16H17ClN2O4S/c1-11-15(24(21,22)19-8-4-5-9-19)10-14(23-11)16(20)18-13-7-3-2-6-12(13)17/h2-3,6-7,10H,4-5,8-9H2,1H3,(H,18,20). The van der Waals surface area contributed by atoms with Crippen molar-refractivity contribution in [2.45, 2.75) is 24.7 Å². The van der Waals surface area contributed by atoms with Crippen LogP contribution >= 0.6 is 11.6 Å². The molecule has 1 aromatic carbocycles. The minimum atomic E-state index is -3.63. The number of rotatable bonds is 4. The molecule has 1 saturated heterocycles. The van der Waals surface area contributed by atoms with Gasteiger partial charge in [-0.3, -0.25) is 4.79 Å². The van der Waals surface area contributed by atoms with Crippen LogP contribution in [0.5, 0.6) is 0 Å². The van der Waals surface area contributed by atoms with Crippen molar-refractivity contribution >= 4 is 33.2 Å². The Labute approximate surface area is 145 Å². The van der Waals surface area contributed by atoms with Crippen molar-refractivity contribution in [1.29, 1.82) is 0 Å². The van der Waals surface area contributed by atoms with Gasteiger partial charge in [-0.25, -0.2) is 8.42 Å². The van der Waals surface area contributed by atoms with Crippen LogP contribution in [0.2, 0.25) is 5.02 Å². The van der Waals surface area contributed by atoms with E-state index < -0.39 is 15.9 Å². The van der Waals surface area contributed by atoms with Gasteiger partial charge in [-0.15, -0.1) is 0 Å². The summed E-state index contributed by atoms with van der Waals surface area (Å²) >= 11 is 6.00. The Morgan fingerprint density at radius 2 is 1.92 bits per heavy atom. The first-order chi connectivity index (χ1) is 11.4. The molecule has 0 bridgehead atoms. The second kappa shape index (κ2) is 6.58. The number of carbonyl (C=O) groups excluding carboxylic acids is 1. The van der Waals surface area contributed by atoms with E-state index in [4.69, 9.17) is 16.0 Å². The fraction of sp³-hybridized carbons (Fsp3) is 0.312. The van der Waals surface area contributed by atoms with Crippen LogP contribution in [0.3, 0.4) is 0 Å². The van der Waals surface area contributed by atoms with Gasteiger partial charge >= 0.3 is 0 Å². The van der Waals surface area contributed by atoms with E-state index in [1.54, 1.807) is 24.3 Å². The van der Waals surface area contributed by atoms with Gasteiger partial charge in [0.25, 0.3) is 5.91 Å². The molecule has 0 saturated carbocycles. The van der Waals surface area contributed by atoms with Gasteiger partial charge in [0, 0.05) is 19.2 Å². The predicted molar refractivity (Wildman–Crippen MR) is 90.8 cm³/mol. The number of para-hydroxylation sites is 1. The van der Waals surface area contributed by atoms with Gasteiger partial charge in [0.1, 0.15) is 10.7 Å². The molecule has 24 heavy (non-hydrogen) atoms. The molecular weight excluding hydrogens is 352 g/mol. The second-order valence-electron chi connectivity index (χ2n) is 5.58. The number of nitrogens with one attached hydrogen (secondary N) is 1. The van der Waals surface area contributed by atoms with Crippen molar-refractivity contribution < 1.29 is 17.6 Å². The van der Waals surface area contributed by atoms with E-state index in [1.165, 1.54) is 17.3 Å². The maximum atomic E-state index is 12.6. The van der Waals surface area contributed by atoms with Crippen molar-refractivity contribution in [2.24, 2.45) is 0 Å². The number of nitrogens with zero attached hydrogens (tertiary/aromatic N) is 1. The number of hydrogen-bond donors (Lipinski definition) is 1. The Morgan fingerprint density at radius 1 is 1.25 bits per heavy atom. The van der Waals surface area contributed by atoms with Crippen LogP contribution in [-0.4, -0.2) is 31.7 Å². The van der Waals surface area contributed by atoms with Crippen LogP contribution in [0.1, 0.15) is 29.2 Å². The van der Waals surface area contributed by atoms with Gasteiger partial charge in [0.2, 0.25) is 10.0 Å². The van der Waals surface area contributed by atoms with Crippen molar-refractivity contribution in [1.82, 2.24) is 4.31 Å². The molecule has 2 aromatic rings. The summed E-state index contributed by atoms with van der Waals surface area (Å²) in [5, 5.41) is 3.00. The fourth-order valence-electron chi connectivity index (χ4n) is 2.65. The van der Waals surface area contributed by atoms with Gasteiger partial charge in [-0.2, -0.15) is 4.31 Å². The fourth-order valence-corrected chi connectivity index (χ4v) is 4.51. The summed E-state index contributed by atoms with van der Waals surface area (Å²) in [5.74, 6) is -0.412. The zero-order chi connectivity index (χ0) is 17.3. The Balaban J connectivity index is 1.86. The number of sulfonamides is 1. The van der Waals surface area contributed by atoms with Crippen LogP contribution in [0.15, 0.2) is 39.6 Å². The van der Waals surface area contributed by atoms with Crippen LogP contribution in [0.4, 0.5) is 5.69 Å². The molecule has 2 heterocycles. The first-order valence-corrected chi connectivity index (χ1v) is 9.38. The van der Waals surface area contributed by atoms with Crippen molar-refractivity contribution in [3.63, 3.8) is 0 Å². The number of amides is 1. The summed E-state index contributed by atoms with van der Waals surface area (Å²) < 4.78 is 32.0. The van der Waals surface area contributed by atoms with E-state index in [9.17, 15) is 13.2 Å². The molecule has 1 aliphatic heterocycles. The number of anilines is 1. The summed E-state index contributed by atoms with van der Waals surface area (Å²) in [6.45, 7) is 2.53. The van der Waals surface area contributed by atoms with E-state index in [0.29, 0.717) is 23.8 Å². The first kappa shape index (κ1) is 17.0. The molecule has 1 N–H and O–H groups in total. The van der Waals surface area contributed by atoms with Crippen LogP contribution in [0, 0.1) is 6.92 Å². The molecule has 8 heteroatoms. The minimum Gasteiger partial charge on any atom is -0.455 e. The summed E-state index contributed by atoms with van der Waals surface area (Å²) in [7, 11) is -3.63. The molecule has 1 fully saturated rings. The average molecular weight is 369 g/mol. The maximum Gasteiger partial charge on any atom is 0.291 e. The highest BCUT2D eigenvalue weighted by Crippen LogP contribution is 2.27. The molecule has 1 aliphatic rings. The third kappa shape index (κ3) is 3.19. The average Bonchev–Trinajstić information content (AvgIpc) is 3.19. The van der Waals surface area contributed by atoms with Gasteiger partial charge in [0.15, 0.2) is 5.76 Å². The molecule has 0 atom stereocenters. The molecule has 0 spiro atoms. The highest BCUT2D eigenvalue weighted by atomic mass is 35.5. The molecule has 0 aliphatic carbocycles. The first-order valence-electron chi connectivity index (χ1n) is 7.56. The van der Waals surface area contributed by atoms with Crippen molar-refractivity contribution in [2.75, 3.05) is 18.4 Å². The lowest BCUT2D eigenvalue weighted by Gasteiger charge is -2.14. The van der Waals surface area contributed by atoms with E-state index in [0.717, 1.165) is 12.8 Å². The van der Waals surface area contributed by atoms with E-state index >= 15 is 0 Å². The maximum absolute atomic E-state index is 12.6. The second-order valence-corrected chi connectivity index (χ2v) is 7.89. The Kier molecular flexibility index (Phi) is 4.67. The zero-order valence-corrected chi connectivity index (χ0v) is 14.7. The normalized spacial score (nSPS) is 15.6. The Morgan fingerprint density at radius 3 is 2.58 bits per heavy atom. The molecule has 0 unspecified atom stereocenters. The van der Waals surface area contributed by atoms with Crippen LogP contribution in [-0.2, 0) is 10.0 Å². The number of hydrogen-bond acceptors (Lipinski definition) is 4. The lowest BCUT2D eigenvalue weighted by Crippen LogP contribution is -2.28. The topological polar surface area (TPSA) is 79.6 Å². The number of carbonyl (C=O) groups is 1. The molecular formula is C16H17ClN2O4S. The molecule has 128 valence electrons. The van der Waals surface area contributed by atoms with E-state index in [2.05, 4.69) is 5.32 Å². The number of benzene rings is 1. The summed E-state index contributed by atoms with van der Waals surface area (Å²) in [4.78, 5) is 12.3. The predicted octanol–water partition coefficient (Wildman–Crippen LogP) is 3.28. The zero-order valence-electron chi connectivity index (χ0n) is 13.1. The lowest BCUT2D eigenvalue weighted by atomic mass is 10.3. The van der Waals surface area contributed by atoms with Crippen LogP contribution < -0.4 is 5.32 Å². The summed E-state index contributed by atoms with van der Waals surface area (Å²) in [6.07, 6.45) is 1.69. The van der Waals surface area contributed by atoms with Crippen molar-refractivity contribution in [3.8, 4) is 0 Å². The quantitative estimate of drug-likeness (QED) is 0.898. The highest BCUT2D eigenvalue weighted by molar-refractivity contribution is 7.89. The monoisotopic (exact) mass is 368 g/mol. The minimum absolute atomic E-state index is 0.0358. The van der Waals surface area contributed by atoms with Crippen molar-refractivity contribution in [3.05, 3.63) is 46.9 Å². The van der Waals surface area contributed by atoms with Crippen LogP contribution in [0.25, 0.3) is 0 Å². The third-order valence-corrected chi connectivity index (χ3v) is 6.24. The van der Waals surface area contributed by atoms with E-state index in [-0.39, 0.29) is 16.4 Å². The summed E-state index contributed by atoms with van der Waals surface area (Å²) in [5.41, 5.74) is 0.433. The third-order valence-electron chi connectivity index (χ3n) is 3.90. The number of furan rings is 1. The Bertz CT molecular complexity index is 870. The molecule has 0 radical (unpaired) electrons. The van der Waals surface area contributed by atoms with Gasteiger partial charge in [-0.05, 0) is 31.9 Å². The summed E-state index contributed by atoms with van der Waals surface area (Å²) in [6, 6.07) is 8.05. The van der Waals surface area contributed by atoms with Gasteiger partial charge < -0.3 is 9.73 Å². The highest BCUT2D eigenvalue weighted by Gasteiger charge is 2.31. The van der Waals surface area contributed by atoms with Gasteiger partial charge in [-0.1, -0.05) is 23.7 Å². The number of halogens is 1. The SMILES string of the molecule is Cc1oc(C(=O)Nc2ccccc2Cl)cc1S(=O)(=O)N1CCCC1. The number of aryl methyl sites for hydroxylation is 1. The Hall–Kier alpha value is -1.83. The molecule has 3 rings (SSSR count).